The van der Waals surface area contributed by atoms with Gasteiger partial charge in [0, 0.05) is 38.6 Å². The van der Waals surface area contributed by atoms with Crippen LogP contribution < -0.4 is 16.2 Å². The zero-order valence-corrected chi connectivity index (χ0v) is 10.5. The Morgan fingerprint density at radius 2 is 2.35 bits per heavy atom. The molecular weight excluding hydrogens is 216 g/mol. The topological polar surface area (TPSA) is 64.2 Å². The van der Waals surface area contributed by atoms with Gasteiger partial charge in [-0.15, -0.1) is 0 Å². The van der Waals surface area contributed by atoms with Gasteiger partial charge in [-0.3, -0.25) is 4.79 Å². The van der Waals surface area contributed by atoms with Crippen molar-refractivity contribution in [2.45, 2.75) is 25.8 Å². The Bertz CT molecular complexity index is 440. The molecule has 1 aliphatic heterocycles. The second kappa shape index (κ2) is 4.87. The van der Waals surface area contributed by atoms with Crippen molar-refractivity contribution >= 4 is 5.82 Å². The summed E-state index contributed by atoms with van der Waals surface area (Å²) in [6, 6.07) is 0.172. The molecule has 1 fully saturated rings. The van der Waals surface area contributed by atoms with E-state index in [1.807, 2.05) is 6.92 Å². The van der Waals surface area contributed by atoms with E-state index in [2.05, 4.69) is 9.88 Å². The monoisotopic (exact) mass is 236 g/mol. The first-order valence-corrected chi connectivity index (χ1v) is 6.11. The number of aromatic nitrogens is 2. The van der Waals surface area contributed by atoms with E-state index < -0.39 is 0 Å². The van der Waals surface area contributed by atoms with Crippen LogP contribution in [0, 0.1) is 5.92 Å². The molecule has 17 heavy (non-hydrogen) atoms. The third kappa shape index (κ3) is 2.49. The fraction of sp³-hybridized carbons (Fsp3) is 0.667. The van der Waals surface area contributed by atoms with E-state index in [0.717, 1.165) is 25.9 Å². The maximum Gasteiger partial charge on any atom is 0.293 e. The SMILES string of the molecule is CC(N)C1CCCN(c2nccn(C)c2=O)C1. The Kier molecular flexibility index (Phi) is 3.47. The summed E-state index contributed by atoms with van der Waals surface area (Å²) in [5, 5.41) is 0. The highest BCUT2D eigenvalue weighted by atomic mass is 16.1. The second-order valence-electron chi connectivity index (χ2n) is 4.87. The van der Waals surface area contributed by atoms with Gasteiger partial charge >= 0.3 is 0 Å². The van der Waals surface area contributed by atoms with Gasteiger partial charge < -0.3 is 15.2 Å². The molecule has 2 N–H and O–H groups in total. The van der Waals surface area contributed by atoms with Gasteiger partial charge in [-0.25, -0.2) is 4.98 Å². The molecule has 0 aliphatic carbocycles. The predicted molar refractivity (Wildman–Crippen MR) is 68.1 cm³/mol. The Balaban J connectivity index is 2.22. The van der Waals surface area contributed by atoms with E-state index in [-0.39, 0.29) is 11.6 Å². The van der Waals surface area contributed by atoms with Crippen LogP contribution in [0.1, 0.15) is 19.8 Å². The van der Waals surface area contributed by atoms with E-state index in [9.17, 15) is 4.79 Å². The number of nitrogens with two attached hydrogens (primary N) is 1. The average Bonchev–Trinajstić information content (AvgIpc) is 2.33. The van der Waals surface area contributed by atoms with Crippen LogP contribution in [0.4, 0.5) is 5.82 Å². The van der Waals surface area contributed by atoms with Gasteiger partial charge in [0.1, 0.15) is 0 Å². The van der Waals surface area contributed by atoms with Crippen molar-refractivity contribution in [3.05, 3.63) is 22.7 Å². The van der Waals surface area contributed by atoms with Crippen LogP contribution in [0.5, 0.6) is 0 Å². The Labute approximate surface area is 101 Å². The number of hydrogen-bond donors (Lipinski definition) is 1. The molecule has 0 radical (unpaired) electrons. The highest BCUT2D eigenvalue weighted by Crippen LogP contribution is 2.20. The van der Waals surface area contributed by atoms with Crippen LogP contribution >= 0.6 is 0 Å². The summed E-state index contributed by atoms with van der Waals surface area (Å²) in [5.41, 5.74) is 5.92. The number of anilines is 1. The highest BCUT2D eigenvalue weighted by Gasteiger charge is 2.24. The number of rotatable bonds is 2. The Morgan fingerprint density at radius 3 is 3.06 bits per heavy atom. The molecule has 2 heterocycles. The lowest BCUT2D eigenvalue weighted by atomic mass is 9.92. The van der Waals surface area contributed by atoms with Crippen LogP contribution in [0.2, 0.25) is 0 Å². The smallest absolute Gasteiger partial charge is 0.293 e. The van der Waals surface area contributed by atoms with Gasteiger partial charge in [-0.2, -0.15) is 0 Å². The number of nitrogens with zero attached hydrogens (tertiary/aromatic N) is 3. The molecule has 2 atom stereocenters. The van der Waals surface area contributed by atoms with E-state index in [1.54, 1.807) is 24.0 Å². The first-order valence-electron chi connectivity index (χ1n) is 6.11. The third-order valence-corrected chi connectivity index (χ3v) is 3.50. The van der Waals surface area contributed by atoms with Crippen LogP contribution in [0.25, 0.3) is 0 Å². The fourth-order valence-corrected chi connectivity index (χ4v) is 2.33. The molecule has 94 valence electrons. The minimum Gasteiger partial charge on any atom is -0.352 e. The standard InChI is InChI=1S/C12H20N4O/c1-9(13)10-4-3-6-16(8-10)11-12(17)15(2)7-5-14-11/h5,7,9-10H,3-4,6,8,13H2,1-2H3. The lowest BCUT2D eigenvalue weighted by Crippen LogP contribution is -2.45. The van der Waals surface area contributed by atoms with Gasteiger partial charge in [0.25, 0.3) is 5.56 Å². The molecule has 2 unspecified atom stereocenters. The lowest BCUT2D eigenvalue weighted by Gasteiger charge is -2.34. The molecule has 1 saturated heterocycles. The average molecular weight is 236 g/mol. The third-order valence-electron chi connectivity index (χ3n) is 3.50. The molecule has 1 aromatic rings. The van der Waals surface area contributed by atoms with Gasteiger partial charge in [0.15, 0.2) is 5.82 Å². The molecule has 5 heteroatoms. The fourth-order valence-electron chi connectivity index (χ4n) is 2.33. The zero-order chi connectivity index (χ0) is 12.4. The van der Waals surface area contributed by atoms with E-state index in [0.29, 0.717) is 11.7 Å². The summed E-state index contributed by atoms with van der Waals surface area (Å²) < 4.78 is 1.57. The van der Waals surface area contributed by atoms with Crippen LogP contribution in [-0.4, -0.2) is 28.7 Å². The zero-order valence-electron chi connectivity index (χ0n) is 10.5. The van der Waals surface area contributed by atoms with Crippen LogP contribution in [-0.2, 0) is 7.05 Å². The molecule has 0 aromatic carbocycles. The van der Waals surface area contributed by atoms with Crippen molar-refractivity contribution < 1.29 is 0 Å². The summed E-state index contributed by atoms with van der Waals surface area (Å²) in [6.45, 7) is 3.77. The van der Waals surface area contributed by atoms with Crippen molar-refractivity contribution in [1.82, 2.24) is 9.55 Å². The van der Waals surface area contributed by atoms with Gasteiger partial charge in [0.05, 0.1) is 0 Å². The van der Waals surface area contributed by atoms with E-state index in [1.165, 1.54) is 0 Å². The van der Waals surface area contributed by atoms with Crippen LogP contribution in [0.15, 0.2) is 17.2 Å². The van der Waals surface area contributed by atoms with Crippen LogP contribution in [0.3, 0.4) is 0 Å². The van der Waals surface area contributed by atoms with Crippen molar-refractivity contribution in [2.75, 3.05) is 18.0 Å². The first kappa shape index (κ1) is 12.1. The molecule has 0 spiro atoms. The number of aryl methyl sites for hydroxylation is 1. The summed E-state index contributed by atoms with van der Waals surface area (Å²) in [6.07, 6.45) is 5.57. The molecule has 1 aliphatic rings. The molecule has 2 rings (SSSR count). The normalized spacial score (nSPS) is 22.5. The second-order valence-corrected chi connectivity index (χ2v) is 4.87. The molecule has 1 aromatic heterocycles. The largest absolute Gasteiger partial charge is 0.352 e. The minimum absolute atomic E-state index is 0.0298. The van der Waals surface area contributed by atoms with Gasteiger partial charge in [-0.1, -0.05) is 0 Å². The summed E-state index contributed by atoms with van der Waals surface area (Å²) >= 11 is 0. The first-order chi connectivity index (χ1) is 8.09. The highest BCUT2D eigenvalue weighted by molar-refractivity contribution is 5.36. The molecule has 0 amide bonds. The maximum absolute atomic E-state index is 12.0. The maximum atomic E-state index is 12.0. The molecule has 0 saturated carbocycles. The van der Waals surface area contributed by atoms with Gasteiger partial charge in [0.2, 0.25) is 0 Å². The minimum atomic E-state index is -0.0298. The van der Waals surface area contributed by atoms with Crippen molar-refractivity contribution in [3.63, 3.8) is 0 Å². The summed E-state index contributed by atoms with van der Waals surface area (Å²) in [7, 11) is 1.75. The molecule has 5 nitrogen and oxygen atoms in total. The van der Waals surface area contributed by atoms with Crippen molar-refractivity contribution in [1.29, 1.82) is 0 Å². The molecule has 0 bridgehead atoms. The summed E-state index contributed by atoms with van der Waals surface area (Å²) in [4.78, 5) is 18.2. The van der Waals surface area contributed by atoms with Crippen molar-refractivity contribution in [2.24, 2.45) is 18.7 Å². The number of piperidine rings is 1. The van der Waals surface area contributed by atoms with E-state index in [4.69, 9.17) is 5.73 Å². The lowest BCUT2D eigenvalue weighted by molar-refractivity contribution is 0.362. The number of hydrogen-bond acceptors (Lipinski definition) is 4. The molecular formula is C12H20N4O. The van der Waals surface area contributed by atoms with E-state index >= 15 is 0 Å². The quantitative estimate of drug-likeness (QED) is 0.804. The Hall–Kier alpha value is -1.36. The van der Waals surface area contributed by atoms with Crippen molar-refractivity contribution in [3.8, 4) is 0 Å². The van der Waals surface area contributed by atoms with Gasteiger partial charge in [-0.05, 0) is 25.7 Å². The summed E-state index contributed by atoms with van der Waals surface area (Å²) in [5.74, 6) is 1.01. The predicted octanol–water partition coefficient (Wildman–Crippen LogP) is 0.344. The Morgan fingerprint density at radius 1 is 1.59 bits per heavy atom.